The second kappa shape index (κ2) is 62.6. The zero-order chi connectivity index (χ0) is 53.6. The number of esters is 3. The lowest BCUT2D eigenvalue weighted by Crippen LogP contribution is -2.30. The van der Waals surface area contributed by atoms with Gasteiger partial charge in [-0.3, -0.25) is 14.4 Å². The van der Waals surface area contributed by atoms with Crippen LogP contribution in [0.2, 0.25) is 0 Å². The quantitative estimate of drug-likeness (QED) is 0.0261. The maximum absolute atomic E-state index is 12.9. The summed E-state index contributed by atoms with van der Waals surface area (Å²) in [6, 6.07) is 0. The normalized spacial score (nSPS) is 12.4. The monoisotopic (exact) mass is 1030 g/mol. The minimum atomic E-state index is -0.788. The van der Waals surface area contributed by atoms with Crippen LogP contribution in [-0.4, -0.2) is 37.2 Å². The number of carbonyl (C=O) groups excluding carboxylic acids is 3. The highest BCUT2D eigenvalue weighted by Crippen LogP contribution is 2.17. The number of ether oxygens (including phenoxy) is 3. The SMILES string of the molecule is CC/C=C\C/C=C\C/C=C\C/C=C\CCCCCCC(=O)OC(COC(=O)CCCCCCCCC/C=C\CCCCCCCC)COC(=O)CCCCCCCCCCCCCCCCCCCCCCCC. The van der Waals surface area contributed by atoms with Gasteiger partial charge in [0.2, 0.25) is 0 Å². The molecule has 0 N–H and O–H groups in total. The summed E-state index contributed by atoms with van der Waals surface area (Å²) >= 11 is 0. The molecule has 1 atom stereocenters. The fourth-order valence-corrected chi connectivity index (χ4v) is 9.43. The lowest BCUT2D eigenvalue weighted by molar-refractivity contribution is -0.167. The summed E-state index contributed by atoms with van der Waals surface area (Å²) in [4.78, 5) is 38.3. The minimum Gasteiger partial charge on any atom is -0.462 e. The average molecular weight is 1040 g/mol. The van der Waals surface area contributed by atoms with Crippen LogP contribution in [0.5, 0.6) is 0 Å². The van der Waals surface area contributed by atoms with Crippen molar-refractivity contribution in [3.63, 3.8) is 0 Å². The van der Waals surface area contributed by atoms with Gasteiger partial charge in [0.15, 0.2) is 6.10 Å². The maximum atomic E-state index is 12.9. The summed E-state index contributed by atoms with van der Waals surface area (Å²) in [5.74, 6) is -0.892. The zero-order valence-corrected chi connectivity index (χ0v) is 49.4. The largest absolute Gasteiger partial charge is 0.462 e. The molecule has 0 aromatic heterocycles. The molecule has 0 aliphatic rings. The molecule has 6 nitrogen and oxygen atoms in total. The van der Waals surface area contributed by atoms with Gasteiger partial charge in [-0.1, -0.05) is 293 Å². The molecule has 0 aromatic rings. The van der Waals surface area contributed by atoms with Crippen molar-refractivity contribution in [1.82, 2.24) is 0 Å². The van der Waals surface area contributed by atoms with E-state index < -0.39 is 6.10 Å². The summed E-state index contributed by atoms with van der Waals surface area (Å²) in [7, 11) is 0. The third-order valence-corrected chi connectivity index (χ3v) is 14.3. The Kier molecular flexibility index (Phi) is 60.2. The van der Waals surface area contributed by atoms with E-state index >= 15 is 0 Å². The molecule has 430 valence electrons. The average Bonchev–Trinajstić information content (AvgIpc) is 3.40. The van der Waals surface area contributed by atoms with E-state index in [1.165, 1.54) is 199 Å². The number of unbranched alkanes of at least 4 members (excludes halogenated alkanes) is 38. The molecule has 0 saturated carbocycles. The molecule has 0 radical (unpaired) electrons. The van der Waals surface area contributed by atoms with Crippen LogP contribution in [-0.2, 0) is 28.6 Å². The van der Waals surface area contributed by atoms with Crippen molar-refractivity contribution in [3.05, 3.63) is 60.8 Å². The lowest BCUT2D eigenvalue weighted by Gasteiger charge is -2.18. The Morgan fingerprint density at radius 2 is 0.527 bits per heavy atom. The van der Waals surface area contributed by atoms with Crippen LogP contribution in [0, 0.1) is 0 Å². The highest BCUT2D eigenvalue weighted by Gasteiger charge is 2.19. The van der Waals surface area contributed by atoms with Gasteiger partial charge in [-0.15, -0.1) is 0 Å². The van der Waals surface area contributed by atoms with Crippen molar-refractivity contribution in [2.45, 2.75) is 341 Å². The first-order chi connectivity index (χ1) is 36.5. The summed E-state index contributed by atoms with van der Waals surface area (Å²) in [6.07, 6.45) is 79.4. The number of allylic oxidation sites excluding steroid dienone is 10. The van der Waals surface area contributed by atoms with Gasteiger partial charge in [0.25, 0.3) is 0 Å². The second-order valence-electron chi connectivity index (χ2n) is 21.6. The van der Waals surface area contributed by atoms with Crippen LogP contribution in [0.3, 0.4) is 0 Å². The Morgan fingerprint density at radius 3 is 0.838 bits per heavy atom. The van der Waals surface area contributed by atoms with E-state index in [1.807, 2.05) is 0 Å². The second-order valence-corrected chi connectivity index (χ2v) is 21.6. The molecule has 74 heavy (non-hydrogen) atoms. The first-order valence-electron chi connectivity index (χ1n) is 32.3. The van der Waals surface area contributed by atoms with Crippen LogP contribution in [0.1, 0.15) is 335 Å². The van der Waals surface area contributed by atoms with Crippen LogP contribution in [0.4, 0.5) is 0 Å². The number of hydrogen-bond acceptors (Lipinski definition) is 6. The van der Waals surface area contributed by atoms with E-state index in [9.17, 15) is 14.4 Å². The molecule has 0 saturated heterocycles. The predicted molar refractivity (Wildman–Crippen MR) is 321 cm³/mol. The Morgan fingerprint density at radius 1 is 0.284 bits per heavy atom. The molecule has 0 aliphatic carbocycles. The van der Waals surface area contributed by atoms with Crippen molar-refractivity contribution in [2.75, 3.05) is 13.2 Å². The van der Waals surface area contributed by atoms with Crippen LogP contribution in [0.15, 0.2) is 60.8 Å². The van der Waals surface area contributed by atoms with E-state index in [4.69, 9.17) is 14.2 Å². The number of carbonyl (C=O) groups is 3. The van der Waals surface area contributed by atoms with Gasteiger partial charge in [0.1, 0.15) is 13.2 Å². The van der Waals surface area contributed by atoms with E-state index in [0.29, 0.717) is 19.3 Å². The van der Waals surface area contributed by atoms with Gasteiger partial charge >= 0.3 is 17.9 Å². The van der Waals surface area contributed by atoms with Crippen LogP contribution >= 0.6 is 0 Å². The van der Waals surface area contributed by atoms with Crippen molar-refractivity contribution < 1.29 is 28.6 Å². The highest BCUT2D eigenvalue weighted by atomic mass is 16.6. The molecule has 0 bridgehead atoms. The van der Waals surface area contributed by atoms with Crippen LogP contribution < -0.4 is 0 Å². The fraction of sp³-hybridized carbons (Fsp3) is 0.809. The molecule has 6 heteroatoms. The van der Waals surface area contributed by atoms with Crippen molar-refractivity contribution >= 4 is 17.9 Å². The van der Waals surface area contributed by atoms with Crippen molar-refractivity contribution in [2.24, 2.45) is 0 Å². The fourth-order valence-electron chi connectivity index (χ4n) is 9.43. The minimum absolute atomic E-state index is 0.0824. The standard InChI is InChI=1S/C68H122O6/c1-4-7-10-13-16-19-22-25-28-31-32-33-34-35-38-40-43-46-49-52-55-58-61-67(70)73-64-65(74-68(71)62-59-56-53-50-47-44-41-37-30-27-24-21-18-15-12-9-6-3)63-72-66(69)60-57-54-51-48-45-42-39-36-29-26-23-20-17-14-11-8-5-2/h9,12,18,21,26-27,29-30,41,44,65H,4-8,10-11,13-17,19-20,22-25,28,31-40,42-43,45-64H2,1-3H3/b12-9-,21-18-,29-26-,30-27-,44-41-. The van der Waals surface area contributed by atoms with Gasteiger partial charge < -0.3 is 14.2 Å². The van der Waals surface area contributed by atoms with E-state index in [-0.39, 0.29) is 31.1 Å². The Hall–Kier alpha value is -2.89. The van der Waals surface area contributed by atoms with Gasteiger partial charge in [0.05, 0.1) is 0 Å². The molecular weight excluding hydrogens is 913 g/mol. The smallest absolute Gasteiger partial charge is 0.306 e. The first-order valence-corrected chi connectivity index (χ1v) is 32.3. The third kappa shape index (κ3) is 60.0. The lowest BCUT2D eigenvalue weighted by atomic mass is 10.0. The predicted octanol–water partition coefficient (Wildman–Crippen LogP) is 21.9. The molecule has 0 heterocycles. The highest BCUT2D eigenvalue weighted by molar-refractivity contribution is 5.71. The summed E-state index contributed by atoms with van der Waals surface area (Å²) < 4.78 is 16.9. The molecular formula is C68H122O6. The third-order valence-electron chi connectivity index (χ3n) is 14.3. The summed E-state index contributed by atoms with van der Waals surface area (Å²) in [6.45, 7) is 6.55. The van der Waals surface area contributed by atoms with E-state index in [1.54, 1.807) is 0 Å². The number of hydrogen-bond donors (Lipinski definition) is 0. The summed E-state index contributed by atoms with van der Waals surface area (Å²) in [5.41, 5.74) is 0. The Balaban J connectivity index is 4.35. The first kappa shape index (κ1) is 71.1. The van der Waals surface area contributed by atoms with E-state index in [2.05, 4.69) is 81.5 Å². The van der Waals surface area contributed by atoms with Crippen molar-refractivity contribution in [3.8, 4) is 0 Å². The van der Waals surface area contributed by atoms with E-state index in [0.717, 1.165) is 96.3 Å². The molecule has 0 rings (SSSR count). The van der Waals surface area contributed by atoms with Crippen LogP contribution in [0.25, 0.3) is 0 Å². The zero-order valence-electron chi connectivity index (χ0n) is 49.4. The molecule has 1 unspecified atom stereocenters. The van der Waals surface area contributed by atoms with Gasteiger partial charge in [0, 0.05) is 19.3 Å². The molecule has 0 amide bonds. The van der Waals surface area contributed by atoms with Crippen molar-refractivity contribution in [1.29, 1.82) is 0 Å². The summed E-state index contributed by atoms with van der Waals surface area (Å²) in [5, 5.41) is 0. The van der Waals surface area contributed by atoms with Gasteiger partial charge in [-0.25, -0.2) is 0 Å². The Labute approximate surface area is 460 Å². The van der Waals surface area contributed by atoms with Gasteiger partial charge in [-0.05, 0) is 83.5 Å². The molecule has 0 fully saturated rings. The molecule has 0 spiro atoms. The maximum Gasteiger partial charge on any atom is 0.306 e. The molecule has 0 aliphatic heterocycles. The van der Waals surface area contributed by atoms with Gasteiger partial charge in [-0.2, -0.15) is 0 Å². The Bertz CT molecular complexity index is 1330. The topological polar surface area (TPSA) is 78.9 Å². The number of rotatable bonds is 59. The molecule has 0 aromatic carbocycles.